The summed E-state index contributed by atoms with van der Waals surface area (Å²) in [5.74, 6) is 0.160. The van der Waals surface area contributed by atoms with Crippen LogP contribution >= 0.6 is 0 Å². The van der Waals surface area contributed by atoms with Crippen molar-refractivity contribution in [2.75, 3.05) is 14.2 Å². The first kappa shape index (κ1) is 16.0. The van der Waals surface area contributed by atoms with Gasteiger partial charge < -0.3 is 19.6 Å². The van der Waals surface area contributed by atoms with Gasteiger partial charge in [0.1, 0.15) is 17.3 Å². The van der Waals surface area contributed by atoms with E-state index >= 15 is 0 Å². The number of benzene rings is 1. The number of nitro groups is 1. The lowest BCUT2D eigenvalue weighted by molar-refractivity contribution is -0.387. The molecule has 0 aliphatic rings. The van der Waals surface area contributed by atoms with Gasteiger partial charge in [-0.25, -0.2) is 0 Å². The van der Waals surface area contributed by atoms with Gasteiger partial charge in [-0.3, -0.25) is 14.9 Å². The molecule has 0 saturated carbocycles. The van der Waals surface area contributed by atoms with E-state index in [-0.39, 0.29) is 5.82 Å². The first-order valence-electron chi connectivity index (χ1n) is 6.34. The quantitative estimate of drug-likeness (QED) is 0.632. The van der Waals surface area contributed by atoms with Gasteiger partial charge >= 0.3 is 11.2 Å². The highest BCUT2D eigenvalue weighted by atomic mass is 16.6. The predicted octanol–water partition coefficient (Wildman–Crippen LogP) is 1.57. The Morgan fingerprint density at radius 2 is 2.04 bits per heavy atom. The second-order valence-electron chi connectivity index (χ2n) is 4.32. The number of methoxy groups -OCH3 is 2. The van der Waals surface area contributed by atoms with Crippen molar-refractivity contribution >= 4 is 17.8 Å². The summed E-state index contributed by atoms with van der Waals surface area (Å²) in [4.78, 5) is 27.0. The van der Waals surface area contributed by atoms with Gasteiger partial charge in [0.2, 0.25) is 0 Å². The van der Waals surface area contributed by atoms with E-state index in [4.69, 9.17) is 9.47 Å². The fourth-order valence-corrected chi connectivity index (χ4v) is 1.85. The summed E-state index contributed by atoms with van der Waals surface area (Å²) in [6.45, 7) is 0. The van der Waals surface area contributed by atoms with Crippen molar-refractivity contribution in [1.82, 2.24) is 9.97 Å². The third kappa shape index (κ3) is 3.46. The fraction of sp³-hybridized carbons (Fsp3) is 0.143. The molecule has 2 N–H and O–H groups in total. The largest absolute Gasteiger partial charge is 0.497 e. The zero-order valence-corrected chi connectivity index (χ0v) is 12.3. The van der Waals surface area contributed by atoms with Crippen LogP contribution in [0.3, 0.4) is 0 Å². The van der Waals surface area contributed by atoms with Crippen molar-refractivity contribution < 1.29 is 19.5 Å². The minimum Gasteiger partial charge on any atom is -0.497 e. The third-order valence-corrected chi connectivity index (χ3v) is 2.94. The molecule has 0 bridgehead atoms. The van der Waals surface area contributed by atoms with Crippen molar-refractivity contribution in [3.63, 3.8) is 0 Å². The number of nitrogens with zero attached hydrogens (tertiary/aromatic N) is 2. The number of hydrogen-bond donors (Lipinski definition) is 2. The maximum Gasteiger partial charge on any atom is 0.395 e. The molecular formula is C14H13N3O6. The molecule has 2 rings (SSSR count). The number of aromatic nitrogens is 2. The highest BCUT2D eigenvalue weighted by Crippen LogP contribution is 2.26. The van der Waals surface area contributed by atoms with Gasteiger partial charge in [0.05, 0.1) is 19.1 Å². The lowest BCUT2D eigenvalue weighted by Crippen LogP contribution is -2.14. The standard InChI is InChI=1S/C14H13N3O6/c1-22-9-4-5-10(23-2)8(7-9)3-6-11-15-13(18)12(17(20)21)14(19)16-11/h3-7H,1-2H3,(H2,15,16,18,19). The lowest BCUT2D eigenvalue weighted by Gasteiger charge is -2.07. The number of aromatic amines is 1. The summed E-state index contributed by atoms with van der Waals surface area (Å²) >= 11 is 0. The molecule has 0 aliphatic carbocycles. The Kier molecular flexibility index (Phi) is 4.60. The minimum atomic E-state index is -1.04. The van der Waals surface area contributed by atoms with E-state index in [2.05, 4.69) is 9.97 Å². The number of nitrogens with one attached hydrogen (secondary N) is 1. The van der Waals surface area contributed by atoms with Crippen LogP contribution in [0.25, 0.3) is 12.2 Å². The van der Waals surface area contributed by atoms with Gasteiger partial charge in [-0.1, -0.05) is 0 Å². The van der Waals surface area contributed by atoms with Crippen LogP contribution in [0.5, 0.6) is 17.4 Å². The smallest absolute Gasteiger partial charge is 0.395 e. The van der Waals surface area contributed by atoms with E-state index in [0.29, 0.717) is 17.1 Å². The molecule has 0 saturated heterocycles. The van der Waals surface area contributed by atoms with Crippen LogP contribution in [0, 0.1) is 10.1 Å². The van der Waals surface area contributed by atoms with Crippen LogP contribution in [0.2, 0.25) is 0 Å². The zero-order chi connectivity index (χ0) is 17.0. The van der Waals surface area contributed by atoms with Crippen molar-refractivity contribution in [2.45, 2.75) is 0 Å². The minimum absolute atomic E-state index is 0.0389. The van der Waals surface area contributed by atoms with Crippen molar-refractivity contribution in [2.24, 2.45) is 0 Å². The highest BCUT2D eigenvalue weighted by Gasteiger charge is 2.21. The second kappa shape index (κ2) is 6.60. The van der Waals surface area contributed by atoms with Gasteiger partial charge in [0, 0.05) is 5.56 Å². The fourth-order valence-electron chi connectivity index (χ4n) is 1.85. The van der Waals surface area contributed by atoms with Crippen LogP contribution in [0.4, 0.5) is 5.69 Å². The predicted molar refractivity (Wildman–Crippen MR) is 81.7 cm³/mol. The van der Waals surface area contributed by atoms with E-state index in [0.717, 1.165) is 0 Å². The normalized spacial score (nSPS) is 10.7. The van der Waals surface area contributed by atoms with Crippen LogP contribution in [0.15, 0.2) is 23.0 Å². The molecule has 0 radical (unpaired) electrons. The van der Waals surface area contributed by atoms with Crippen molar-refractivity contribution in [1.29, 1.82) is 0 Å². The maximum absolute atomic E-state index is 11.6. The Labute approximate surface area is 130 Å². The van der Waals surface area contributed by atoms with Crippen LogP contribution in [-0.4, -0.2) is 34.2 Å². The molecule has 0 spiro atoms. The van der Waals surface area contributed by atoms with Crippen LogP contribution in [0.1, 0.15) is 11.4 Å². The monoisotopic (exact) mass is 319 g/mol. The van der Waals surface area contributed by atoms with Crippen molar-refractivity contribution in [3.8, 4) is 17.4 Å². The van der Waals surface area contributed by atoms with E-state index in [1.54, 1.807) is 24.3 Å². The third-order valence-electron chi connectivity index (χ3n) is 2.94. The van der Waals surface area contributed by atoms with E-state index < -0.39 is 22.0 Å². The summed E-state index contributed by atoms with van der Waals surface area (Å²) in [6.07, 6.45) is 2.94. The summed E-state index contributed by atoms with van der Waals surface area (Å²) in [5, 5.41) is 20.1. The zero-order valence-electron chi connectivity index (χ0n) is 12.3. The van der Waals surface area contributed by atoms with Gasteiger partial charge in [0.15, 0.2) is 0 Å². The van der Waals surface area contributed by atoms with Gasteiger partial charge in [-0.15, -0.1) is 0 Å². The summed E-state index contributed by atoms with van der Waals surface area (Å²) < 4.78 is 10.3. The highest BCUT2D eigenvalue weighted by molar-refractivity contribution is 5.71. The molecule has 120 valence electrons. The van der Waals surface area contributed by atoms with Gasteiger partial charge in [-0.05, 0) is 30.4 Å². The molecule has 0 atom stereocenters. The Hall–Kier alpha value is -3.36. The molecule has 1 heterocycles. The number of rotatable bonds is 5. The van der Waals surface area contributed by atoms with E-state index in [1.165, 1.54) is 20.3 Å². The van der Waals surface area contributed by atoms with E-state index in [9.17, 15) is 20.0 Å². The first-order valence-corrected chi connectivity index (χ1v) is 6.34. The molecule has 23 heavy (non-hydrogen) atoms. The molecule has 0 fully saturated rings. The number of ether oxygens (including phenoxy) is 2. The molecule has 0 aliphatic heterocycles. The number of aromatic hydroxyl groups is 1. The Morgan fingerprint density at radius 3 is 2.61 bits per heavy atom. The first-order chi connectivity index (χ1) is 11.0. The summed E-state index contributed by atoms with van der Waals surface area (Å²) in [7, 11) is 3.01. The summed E-state index contributed by atoms with van der Waals surface area (Å²) in [6, 6.07) is 5.11. The Balaban J connectivity index is 2.41. The lowest BCUT2D eigenvalue weighted by atomic mass is 10.1. The van der Waals surface area contributed by atoms with Gasteiger partial charge in [0.25, 0.3) is 5.88 Å². The Bertz CT molecular complexity index is 828. The van der Waals surface area contributed by atoms with Crippen LogP contribution in [-0.2, 0) is 0 Å². The number of hydrogen-bond acceptors (Lipinski definition) is 7. The molecule has 0 amide bonds. The Morgan fingerprint density at radius 1 is 1.30 bits per heavy atom. The average molecular weight is 319 g/mol. The second-order valence-corrected chi connectivity index (χ2v) is 4.32. The molecule has 0 unspecified atom stereocenters. The molecule has 9 nitrogen and oxygen atoms in total. The summed E-state index contributed by atoms with van der Waals surface area (Å²) in [5.41, 5.74) is -1.41. The molecule has 1 aromatic heterocycles. The molecule has 9 heteroatoms. The maximum atomic E-state index is 11.6. The van der Waals surface area contributed by atoms with Crippen LogP contribution < -0.4 is 15.0 Å². The SMILES string of the molecule is COc1ccc(OC)c(C=Cc2nc(O)c([N+](=O)[O-])c(=O)[nH]2)c1. The molecular weight excluding hydrogens is 306 g/mol. The topological polar surface area (TPSA) is 128 Å². The average Bonchev–Trinajstić information content (AvgIpc) is 2.51. The molecule has 2 aromatic rings. The van der Waals surface area contributed by atoms with E-state index in [1.807, 2.05) is 0 Å². The van der Waals surface area contributed by atoms with Crippen molar-refractivity contribution in [3.05, 3.63) is 50.1 Å². The molecule has 1 aromatic carbocycles. The number of H-pyrrole nitrogens is 1. The van der Waals surface area contributed by atoms with Gasteiger partial charge in [-0.2, -0.15) is 4.98 Å².